The summed E-state index contributed by atoms with van der Waals surface area (Å²) in [5, 5.41) is 16.3. The molecule has 8 nitrogen and oxygen atoms in total. The van der Waals surface area contributed by atoms with Crippen molar-refractivity contribution in [3.8, 4) is 0 Å². The van der Waals surface area contributed by atoms with Gasteiger partial charge in [-0.3, -0.25) is 10.1 Å². The van der Waals surface area contributed by atoms with Gasteiger partial charge in [0.25, 0.3) is 5.69 Å². The maximum atomic E-state index is 12.0. The summed E-state index contributed by atoms with van der Waals surface area (Å²) >= 11 is 0. The summed E-state index contributed by atoms with van der Waals surface area (Å²) in [6.45, 7) is 5.37. The number of nitro benzene ring substituents is 1. The van der Waals surface area contributed by atoms with E-state index in [1.807, 2.05) is 21.0 Å². The number of carbonyl (C=O) groups is 1. The fraction of sp³-hybridized carbons (Fsp3) is 0.562. The third-order valence-electron chi connectivity index (χ3n) is 3.45. The van der Waals surface area contributed by atoms with E-state index in [2.05, 4.69) is 15.5 Å². The van der Waals surface area contributed by atoms with Gasteiger partial charge < -0.3 is 20.3 Å². The third-order valence-corrected chi connectivity index (χ3v) is 3.45. The van der Waals surface area contributed by atoms with Crippen LogP contribution in [0.3, 0.4) is 0 Å². The van der Waals surface area contributed by atoms with Crippen LogP contribution >= 0.6 is 0 Å². The van der Waals surface area contributed by atoms with E-state index >= 15 is 0 Å². The van der Waals surface area contributed by atoms with Crippen LogP contribution in [-0.2, 0) is 4.74 Å². The molecule has 0 radical (unpaired) electrons. The fourth-order valence-electron chi connectivity index (χ4n) is 2.15. The maximum absolute atomic E-state index is 12.0. The lowest BCUT2D eigenvalue weighted by Crippen LogP contribution is -2.37. The van der Waals surface area contributed by atoms with Crippen LogP contribution in [0.15, 0.2) is 18.2 Å². The molecule has 2 amide bonds. The molecule has 0 aliphatic rings. The van der Waals surface area contributed by atoms with Crippen molar-refractivity contribution in [3.63, 3.8) is 0 Å². The summed E-state index contributed by atoms with van der Waals surface area (Å²) in [6, 6.07) is 4.17. The number of carbonyl (C=O) groups excluding carboxylic acids is 1. The first kappa shape index (κ1) is 19.9. The number of hydrogen-bond acceptors (Lipinski definition) is 5. The van der Waals surface area contributed by atoms with Gasteiger partial charge in [-0.15, -0.1) is 0 Å². The van der Waals surface area contributed by atoms with E-state index in [0.717, 1.165) is 13.0 Å². The smallest absolute Gasteiger partial charge is 0.319 e. The molecule has 134 valence electrons. The predicted octanol–water partition coefficient (Wildman–Crippen LogP) is 2.38. The summed E-state index contributed by atoms with van der Waals surface area (Å²) in [5.41, 5.74) is 0.906. The molecule has 0 fully saturated rings. The zero-order valence-electron chi connectivity index (χ0n) is 14.7. The number of anilines is 1. The van der Waals surface area contributed by atoms with Gasteiger partial charge in [-0.1, -0.05) is 6.07 Å². The molecule has 0 aromatic heterocycles. The molecule has 0 saturated heterocycles. The Kier molecular flexibility index (Phi) is 8.14. The van der Waals surface area contributed by atoms with E-state index in [1.165, 1.54) is 6.07 Å². The molecule has 0 spiro atoms. The number of hydrogen-bond donors (Lipinski definition) is 2. The molecule has 0 bridgehead atoms. The summed E-state index contributed by atoms with van der Waals surface area (Å²) in [7, 11) is 3.96. The predicted molar refractivity (Wildman–Crippen MR) is 93.4 cm³/mol. The van der Waals surface area contributed by atoms with Crippen LogP contribution in [0.4, 0.5) is 16.2 Å². The Morgan fingerprint density at radius 2 is 2.12 bits per heavy atom. The lowest BCUT2D eigenvalue weighted by molar-refractivity contribution is -0.385. The Morgan fingerprint density at radius 1 is 1.42 bits per heavy atom. The summed E-state index contributed by atoms with van der Waals surface area (Å²) in [4.78, 5) is 24.5. The molecule has 1 atom stereocenters. The molecule has 0 heterocycles. The number of ether oxygens (including phenoxy) is 1. The van der Waals surface area contributed by atoms with Crippen molar-refractivity contribution >= 4 is 17.4 Å². The number of aryl methyl sites for hydroxylation is 1. The monoisotopic (exact) mass is 338 g/mol. The second-order valence-corrected chi connectivity index (χ2v) is 5.76. The van der Waals surface area contributed by atoms with E-state index in [4.69, 9.17) is 4.74 Å². The molecule has 0 aliphatic heterocycles. The number of nitro groups is 1. The van der Waals surface area contributed by atoms with Crippen LogP contribution in [0.2, 0.25) is 0 Å². The van der Waals surface area contributed by atoms with Crippen LogP contribution in [0, 0.1) is 17.0 Å². The Hall–Kier alpha value is -2.19. The number of rotatable bonds is 9. The van der Waals surface area contributed by atoms with Crippen molar-refractivity contribution in [2.24, 2.45) is 0 Å². The van der Waals surface area contributed by atoms with E-state index < -0.39 is 11.0 Å². The Labute approximate surface area is 142 Å². The van der Waals surface area contributed by atoms with E-state index in [9.17, 15) is 14.9 Å². The molecule has 1 aromatic carbocycles. The first-order valence-corrected chi connectivity index (χ1v) is 7.89. The topological polar surface area (TPSA) is 96.7 Å². The lowest BCUT2D eigenvalue weighted by Gasteiger charge is -2.20. The van der Waals surface area contributed by atoms with E-state index in [-0.39, 0.29) is 11.8 Å². The summed E-state index contributed by atoms with van der Waals surface area (Å²) in [5.74, 6) is 0. The lowest BCUT2D eigenvalue weighted by atomic mass is 10.2. The zero-order valence-corrected chi connectivity index (χ0v) is 14.7. The third kappa shape index (κ3) is 6.93. The highest BCUT2D eigenvalue weighted by Gasteiger charge is 2.14. The summed E-state index contributed by atoms with van der Waals surface area (Å²) in [6.07, 6.45) is 0.729. The molecule has 1 rings (SSSR count). The van der Waals surface area contributed by atoms with Gasteiger partial charge in [0.15, 0.2) is 0 Å². The zero-order chi connectivity index (χ0) is 18.1. The van der Waals surface area contributed by atoms with Crippen molar-refractivity contribution in [3.05, 3.63) is 33.9 Å². The van der Waals surface area contributed by atoms with Crippen molar-refractivity contribution in [2.75, 3.05) is 39.1 Å². The molecule has 0 aliphatic carbocycles. The van der Waals surface area contributed by atoms with E-state index in [1.54, 1.807) is 19.1 Å². The van der Waals surface area contributed by atoms with Crippen LogP contribution in [0.1, 0.15) is 18.9 Å². The molecule has 24 heavy (non-hydrogen) atoms. The highest BCUT2D eigenvalue weighted by molar-refractivity contribution is 5.89. The van der Waals surface area contributed by atoms with Gasteiger partial charge in [0.2, 0.25) is 0 Å². The molecule has 1 aromatic rings. The summed E-state index contributed by atoms with van der Waals surface area (Å²) < 4.78 is 5.60. The van der Waals surface area contributed by atoms with Gasteiger partial charge in [0, 0.05) is 37.0 Å². The Bertz CT molecular complexity index is 563. The van der Waals surface area contributed by atoms with Crippen LogP contribution in [-0.4, -0.2) is 55.8 Å². The molecule has 8 heteroatoms. The quantitative estimate of drug-likeness (QED) is 0.532. The van der Waals surface area contributed by atoms with Crippen LogP contribution < -0.4 is 10.6 Å². The van der Waals surface area contributed by atoms with Crippen molar-refractivity contribution in [1.29, 1.82) is 0 Å². The highest BCUT2D eigenvalue weighted by atomic mass is 16.6. The van der Waals surface area contributed by atoms with Gasteiger partial charge in [0.1, 0.15) is 0 Å². The highest BCUT2D eigenvalue weighted by Crippen LogP contribution is 2.22. The largest absolute Gasteiger partial charge is 0.377 e. The first-order chi connectivity index (χ1) is 11.3. The maximum Gasteiger partial charge on any atom is 0.319 e. The van der Waals surface area contributed by atoms with Gasteiger partial charge in [0.05, 0.1) is 11.0 Å². The van der Waals surface area contributed by atoms with Crippen LogP contribution in [0.25, 0.3) is 0 Å². The molecular formula is C16H26N4O4. The van der Waals surface area contributed by atoms with Gasteiger partial charge in [-0.05, 0) is 40.4 Å². The number of nitrogens with one attached hydrogen (secondary N) is 2. The number of nitrogens with zero attached hydrogens (tertiary/aromatic N) is 2. The van der Waals surface area contributed by atoms with Gasteiger partial charge >= 0.3 is 6.03 Å². The fourth-order valence-corrected chi connectivity index (χ4v) is 2.15. The average Bonchev–Trinajstić information content (AvgIpc) is 2.51. The molecular weight excluding hydrogens is 312 g/mol. The molecule has 1 unspecified atom stereocenters. The Morgan fingerprint density at radius 3 is 2.71 bits per heavy atom. The minimum Gasteiger partial charge on any atom is -0.377 e. The second-order valence-electron chi connectivity index (χ2n) is 5.76. The first-order valence-electron chi connectivity index (χ1n) is 7.89. The number of benzene rings is 1. The van der Waals surface area contributed by atoms with Crippen molar-refractivity contribution < 1.29 is 14.5 Å². The molecule has 0 saturated carbocycles. The van der Waals surface area contributed by atoms with E-state index in [0.29, 0.717) is 24.4 Å². The van der Waals surface area contributed by atoms with Crippen molar-refractivity contribution in [2.45, 2.75) is 26.4 Å². The number of urea groups is 1. The minimum absolute atomic E-state index is 0.0222. The Balaban J connectivity index is 2.55. The molecule has 2 N–H and O–H groups in total. The standard InChI is InChI=1S/C16H26N4O4/c1-5-24-14(8-9-19(3)4)11-17-16(21)18-13-7-6-12(2)15(10-13)20(22)23/h6-7,10,14H,5,8-9,11H2,1-4H3,(H2,17,18,21). The minimum atomic E-state index is -0.467. The average molecular weight is 338 g/mol. The SMILES string of the molecule is CCOC(CCN(C)C)CNC(=O)Nc1ccc(C)c([N+](=O)[O-])c1. The second kappa shape index (κ2) is 9.84. The van der Waals surface area contributed by atoms with Crippen LogP contribution in [0.5, 0.6) is 0 Å². The normalized spacial score (nSPS) is 12.0. The van der Waals surface area contributed by atoms with Gasteiger partial charge in [-0.25, -0.2) is 4.79 Å². The number of amides is 2. The van der Waals surface area contributed by atoms with Crippen molar-refractivity contribution in [1.82, 2.24) is 10.2 Å². The van der Waals surface area contributed by atoms with Gasteiger partial charge in [-0.2, -0.15) is 0 Å².